The number of rotatable bonds is 4. The Kier molecular flexibility index (Phi) is 5.58. The standard InChI is InChI=1S/C27H21F3N4O3/c28-27(29,30)18-3-1-2-15(11-18)21-13-22(34-33-21)17-10-16-12-19(4-6-23(16)36-14-17)37-24-8-9-31-26-20(24)5-7-25(35)32-26/h1-4,6,8-9,11-13,17H,5,7,10,14H2,(H,33,34)(H,31,32,35). The first-order chi connectivity index (χ1) is 17.8. The highest BCUT2D eigenvalue weighted by Crippen LogP contribution is 2.38. The van der Waals surface area contributed by atoms with Crippen molar-refractivity contribution in [3.05, 3.63) is 83.2 Å². The highest BCUT2D eigenvalue weighted by Gasteiger charge is 2.31. The summed E-state index contributed by atoms with van der Waals surface area (Å²) < 4.78 is 51.5. The molecular formula is C27H21F3N4O3. The number of ether oxygens (including phenoxy) is 2. The summed E-state index contributed by atoms with van der Waals surface area (Å²) in [5.74, 6) is 2.42. The first-order valence-electron chi connectivity index (χ1n) is 11.8. The van der Waals surface area contributed by atoms with Gasteiger partial charge in [0.15, 0.2) is 0 Å². The van der Waals surface area contributed by atoms with Gasteiger partial charge in [0, 0.05) is 35.4 Å². The molecule has 188 valence electrons. The zero-order chi connectivity index (χ0) is 25.6. The van der Waals surface area contributed by atoms with Gasteiger partial charge in [-0.3, -0.25) is 9.89 Å². The predicted octanol–water partition coefficient (Wildman–Crippen LogP) is 5.89. The normalized spacial score (nSPS) is 16.8. The van der Waals surface area contributed by atoms with Crippen LogP contribution in [0, 0.1) is 0 Å². The number of amides is 1. The average Bonchev–Trinajstić information content (AvgIpc) is 3.38. The number of pyridine rings is 1. The number of carbonyl (C=O) groups excluding carboxylic acids is 1. The molecule has 4 heterocycles. The number of aromatic amines is 1. The van der Waals surface area contributed by atoms with Gasteiger partial charge in [-0.05, 0) is 60.9 Å². The number of aromatic nitrogens is 3. The Morgan fingerprint density at radius 3 is 2.81 bits per heavy atom. The summed E-state index contributed by atoms with van der Waals surface area (Å²) in [4.78, 5) is 15.9. The monoisotopic (exact) mass is 506 g/mol. The Hall–Kier alpha value is -4.34. The maximum absolute atomic E-state index is 13.1. The predicted molar refractivity (Wildman–Crippen MR) is 129 cm³/mol. The fourth-order valence-corrected chi connectivity index (χ4v) is 4.66. The first kappa shape index (κ1) is 23.1. The number of carbonyl (C=O) groups is 1. The molecule has 0 spiro atoms. The molecule has 0 bridgehead atoms. The molecule has 2 aliphatic rings. The Morgan fingerprint density at radius 2 is 1.95 bits per heavy atom. The fourth-order valence-electron chi connectivity index (χ4n) is 4.66. The topological polar surface area (TPSA) is 89.1 Å². The molecular weight excluding hydrogens is 485 g/mol. The molecule has 1 atom stereocenters. The van der Waals surface area contributed by atoms with Crippen molar-refractivity contribution in [2.45, 2.75) is 31.4 Å². The van der Waals surface area contributed by atoms with Gasteiger partial charge < -0.3 is 14.8 Å². The van der Waals surface area contributed by atoms with Crippen molar-refractivity contribution in [2.24, 2.45) is 0 Å². The molecule has 10 heteroatoms. The molecule has 2 N–H and O–H groups in total. The van der Waals surface area contributed by atoms with Crippen molar-refractivity contribution >= 4 is 11.7 Å². The average molecular weight is 506 g/mol. The van der Waals surface area contributed by atoms with Crippen LogP contribution in [0.4, 0.5) is 19.0 Å². The van der Waals surface area contributed by atoms with Crippen LogP contribution in [0.25, 0.3) is 11.3 Å². The Bertz CT molecular complexity index is 1500. The number of fused-ring (bicyclic) bond motifs is 2. The maximum Gasteiger partial charge on any atom is 0.416 e. The Labute approximate surface area is 209 Å². The Morgan fingerprint density at radius 1 is 1.05 bits per heavy atom. The van der Waals surface area contributed by atoms with Gasteiger partial charge in [0.05, 0.1) is 17.9 Å². The van der Waals surface area contributed by atoms with E-state index in [1.807, 2.05) is 18.2 Å². The van der Waals surface area contributed by atoms with Crippen LogP contribution in [0.2, 0.25) is 0 Å². The van der Waals surface area contributed by atoms with Gasteiger partial charge in [-0.25, -0.2) is 4.98 Å². The molecule has 0 saturated heterocycles. The van der Waals surface area contributed by atoms with Crippen LogP contribution in [-0.4, -0.2) is 27.7 Å². The summed E-state index contributed by atoms with van der Waals surface area (Å²) in [5.41, 5.74) is 2.70. The van der Waals surface area contributed by atoms with Crippen LogP contribution in [0.5, 0.6) is 17.2 Å². The van der Waals surface area contributed by atoms with Gasteiger partial charge in [0.1, 0.15) is 23.1 Å². The van der Waals surface area contributed by atoms with Crippen molar-refractivity contribution in [2.75, 3.05) is 11.9 Å². The van der Waals surface area contributed by atoms with Crippen LogP contribution in [0.15, 0.2) is 60.8 Å². The van der Waals surface area contributed by atoms with E-state index in [1.165, 1.54) is 6.07 Å². The largest absolute Gasteiger partial charge is 0.493 e. The van der Waals surface area contributed by atoms with Gasteiger partial charge in [-0.1, -0.05) is 12.1 Å². The van der Waals surface area contributed by atoms with E-state index in [1.54, 1.807) is 24.4 Å². The lowest BCUT2D eigenvalue weighted by atomic mass is 9.93. The summed E-state index contributed by atoms with van der Waals surface area (Å²) in [6, 6.07) is 14.3. The lowest BCUT2D eigenvalue weighted by Gasteiger charge is -2.25. The zero-order valence-electron chi connectivity index (χ0n) is 19.4. The first-order valence-corrected chi connectivity index (χ1v) is 11.8. The van der Waals surface area contributed by atoms with Crippen molar-refractivity contribution in [1.29, 1.82) is 0 Å². The zero-order valence-corrected chi connectivity index (χ0v) is 19.4. The number of nitrogens with one attached hydrogen (secondary N) is 2. The summed E-state index contributed by atoms with van der Waals surface area (Å²) in [7, 11) is 0. The summed E-state index contributed by atoms with van der Waals surface area (Å²) in [5, 5.41) is 9.99. The van der Waals surface area contributed by atoms with Gasteiger partial charge in [0.2, 0.25) is 5.91 Å². The molecule has 1 unspecified atom stereocenters. The van der Waals surface area contributed by atoms with Crippen molar-refractivity contribution in [3.63, 3.8) is 0 Å². The lowest BCUT2D eigenvalue weighted by Crippen LogP contribution is -2.20. The van der Waals surface area contributed by atoms with Crippen molar-refractivity contribution in [3.8, 4) is 28.5 Å². The number of benzene rings is 2. The van der Waals surface area contributed by atoms with E-state index >= 15 is 0 Å². The molecule has 4 aromatic rings. The molecule has 1 amide bonds. The second kappa shape index (κ2) is 8.95. The fraction of sp³-hybridized carbons (Fsp3) is 0.222. The second-order valence-corrected chi connectivity index (χ2v) is 9.06. The van der Waals surface area contributed by atoms with Crippen LogP contribution in [0.3, 0.4) is 0 Å². The van der Waals surface area contributed by atoms with Gasteiger partial charge in [-0.15, -0.1) is 0 Å². The van der Waals surface area contributed by atoms with Gasteiger partial charge in [0.25, 0.3) is 0 Å². The third kappa shape index (κ3) is 4.62. The van der Waals surface area contributed by atoms with Crippen LogP contribution >= 0.6 is 0 Å². The molecule has 2 aromatic carbocycles. The van der Waals surface area contributed by atoms with Crippen LogP contribution in [-0.2, 0) is 23.8 Å². The van der Waals surface area contributed by atoms with E-state index in [9.17, 15) is 18.0 Å². The molecule has 2 aliphatic heterocycles. The third-order valence-corrected chi connectivity index (χ3v) is 6.56. The minimum atomic E-state index is -4.42. The highest BCUT2D eigenvalue weighted by molar-refractivity contribution is 5.93. The number of H-pyrrole nitrogens is 1. The minimum absolute atomic E-state index is 0.0568. The minimum Gasteiger partial charge on any atom is -0.493 e. The van der Waals surface area contributed by atoms with E-state index < -0.39 is 11.7 Å². The molecule has 6 rings (SSSR count). The molecule has 0 aliphatic carbocycles. The number of halogens is 3. The second-order valence-electron chi connectivity index (χ2n) is 9.06. The molecule has 0 radical (unpaired) electrons. The van der Waals surface area contributed by atoms with E-state index in [2.05, 4.69) is 20.5 Å². The third-order valence-electron chi connectivity index (χ3n) is 6.56. The van der Waals surface area contributed by atoms with Crippen molar-refractivity contribution < 1.29 is 27.4 Å². The van der Waals surface area contributed by atoms with E-state index in [-0.39, 0.29) is 11.8 Å². The van der Waals surface area contributed by atoms with E-state index in [4.69, 9.17) is 9.47 Å². The van der Waals surface area contributed by atoms with Gasteiger partial charge in [-0.2, -0.15) is 18.3 Å². The van der Waals surface area contributed by atoms with Gasteiger partial charge >= 0.3 is 6.18 Å². The summed E-state index contributed by atoms with van der Waals surface area (Å²) >= 11 is 0. The molecule has 37 heavy (non-hydrogen) atoms. The van der Waals surface area contributed by atoms with Crippen LogP contribution in [0.1, 0.15) is 34.7 Å². The number of hydrogen-bond donors (Lipinski definition) is 2. The number of alkyl halides is 3. The number of hydrogen-bond acceptors (Lipinski definition) is 5. The molecule has 7 nitrogen and oxygen atoms in total. The van der Waals surface area contributed by atoms with Crippen molar-refractivity contribution in [1.82, 2.24) is 15.2 Å². The smallest absolute Gasteiger partial charge is 0.416 e. The molecule has 2 aromatic heterocycles. The summed E-state index contributed by atoms with van der Waals surface area (Å²) in [6.07, 6.45) is -1.26. The number of anilines is 1. The SMILES string of the molecule is O=C1CCc2c(Oc3ccc4c(c3)CC(c3cc(-c5cccc(C(F)(F)F)c5)n[nH]3)CO4)ccnc2N1. The highest BCUT2D eigenvalue weighted by atomic mass is 19.4. The Balaban J connectivity index is 1.21. The summed E-state index contributed by atoms with van der Waals surface area (Å²) in [6.45, 7) is 0.412. The maximum atomic E-state index is 13.1. The molecule has 0 saturated carbocycles. The lowest BCUT2D eigenvalue weighted by molar-refractivity contribution is -0.137. The van der Waals surface area contributed by atoms with E-state index in [0.717, 1.165) is 34.7 Å². The number of nitrogens with zero attached hydrogens (tertiary/aromatic N) is 2. The van der Waals surface area contributed by atoms with Crippen LogP contribution < -0.4 is 14.8 Å². The van der Waals surface area contributed by atoms with E-state index in [0.29, 0.717) is 54.4 Å². The molecule has 0 fully saturated rings. The quantitative estimate of drug-likeness (QED) is 0.361.